The van der Waals surface area contributed by atoms with E-state index >= 15 is 0 Å². The maximum atomic E-state index is 12.5. The SMILES string of the molecule is Cc1nn(-c2ccccc2)nc1C(=O)Nc1ccc2[nH]ncc2c1. The lowest BCUT2D eigenvalue weighted by molar-refractivity contribution is 0.102. The van der Waals surface area contributed by atoms with Crippen molar-refractivity contribution in [2.75, 3.05) is 5.32 Å². The Hall–Kier alpha value is -3.48. The van der Waals surface area contributed by atoms with Crippen LogP contribution >= 0.6 is 0 Å². The Bertz CT molecular complexity index is 1020. The van der Waals surface area contributed by atoms with E-state index in [-0.39, 0.29) is 5.91 Å². The zero-order valence-electron chi connectivity index (χ0n) is 12.9. The molecule has 24 heavy (non-hydrogen) atoms. The lowest BCUT2D eigenvalue weighted by Crippen LogP contribution is -2.14. The topological polar surface area (TPSA) is 88.5 Å². The minimum absolute atomic E-state index is 0.294. The van der Waals surface area contributed by atoms with E-state index in [1.165, 1.54) is 4.80 Å². The molecule has 0 fully saturated rings. The van der Waals surface area contributed by atoms with E-state index in [1.807, 2.05) is 48.5 Å². The Kier molecular flexibility index (Phi) is 3.31. The Morgan fingerprint density at radius 1 is 1.12 bits per heavy atom. The van der Waals surface area contributed by atoms with Gasteiger partial charge in [0.05, 0.1) is 23.1 Å². The van der Waals surface area contributed by atoms with Gasteiger partial charge in [0.25, 0.3) is 5.91 Å². The van der Waals surface area contributed by atoms with Crippen LogP contribution in [0.2, 0.25) is 0 Å². The van der Waals surface area contributed by atoms with Gasteiger partial charge in [-0.3, -0.25) is 9.89 Å². The summed E-state index contributed by atoms with van der Waals surface area (Å²) >= 11 is 0. The number of para-hydroxylation sites is 1. The van der Waals surface area contributed by atoms with E-state index in [9.17, 15) is 4.79 Å². The molecule has 118 valence electrons. The fourth-order valence-corrected chi connectivity index (χ4v) is 2.48. The first-order chi connectivity index (χ1) is 11.7. The smallest absolute Gasteiger partial charge is 0.278 e. The molecule has 0 aliphatic heterocycles. The van der Waals surface area contributed by atoms with Gasteiger partial charge in [0.2, 0.25) is 0 Å². The molecule has 0 saturated carbocycles. The van der Waals surface area contributed by atoms with Crippen molar-refractivity contribution in [3.8, 4) is 5.69 Å². The van der Waals surface area contributed by atoms with Crippen molar-refractivity contribution in [3.63, 3.8) is 0 Å². The third-order valence-corrected chi connectivity index (χ3v) is 3.68. The number of aromatic nitrogens is 5. The summed E-state index contributed by atoms with van der Waals surface area (Å²) in [5, 5.41) is 19.2. The zero-order chi connectivity index (χ0) is 16.5. The second-order valence-electron chi connectivity index (χ2n) is 5.39. The molecule has 0 spiro atoms. The Labute approximate surface area is 137 Å². The van der Waals surface area contributed by atoms with Crippen LogP contribution in [0.3, 0.4) is 0 Å². The summed E-state index contributed by atoms with van der Waals surface area (Å²) in [5.41, 5.74) is 3.27. The predicted octanol–water partition coefficient (Wildman–Crippen LogP) is 2.70. The molecule has 2 N–H and O–H groups in total. The fourth-order valence-electron chi connectivity index (χ4n) is 2.48. The second-order valence-corrected chi connectivity index (χ2v) is 5.39. The molecule has 2 aromatic carbocycles. The largest absolute Gasteiger partial charge is 0.321 e. The number of nitrogens with one attached hydrogen (secondary N) is 2. The number of carbonyl (C=O) groups excluding carboxylic acids is 1. The van der Waals surface area contributed by atoms with Crippen LogP contribution in [0.4, 0.5) is 5.69 Å². The van der Waals surface area contributed by atoms with E-state index in [0.717, 1.165) is 16.6 Å². The van der Waals surface area contributed by atoms with Crippen LogP contribution in [-0.2, 0) is 0 Å². The van der Waals surface area contributed by atoms with Gasteiger partial charge in [0.1, 0.15) is 0 Å². The molecule has 1 amide bonds. The molecule has 0 radical (unpaired) electrons. The maximum Gasteiger partial charge on any atom is 0.278 e. The van der Waals surface area contributed by atoms with Gasteiger partial charge in [-0.25, -0.2) is 0 Å². The molecular formula is C17H14N6O. The number of anilines is 1. The highest BCUT2D eigenvalue weighted by atomic mass is 16.2. The number of rotatable bonds is 3. The average molecular weight is 318 g/mol. The van der Waals surface area contributed by atoms with Crippen LogP contribution in [0.25, 0.3) is 16.6 Å². The Morgan fingerprint density at radius 3 is 2.79 bits per heavy atom. The molecule has 7 nitrogen and oxygen atoms in total. The van der Waals surface area contributed by atoms with Gasteiger partial charge < -0.3 is 5.32 Å². The van der Waals surface area contributed by atoms with Gasteiger partial charge >= 0.3 is 0 Å². The molecular weight excluding hydrogens is 304 g/mol. The fraction of sp³-hybridized carbons (Fsp3) is 0.0588. The van der Waals surface area contributed by atoms with Gasteiger partial charge in [-0.1, -0.05) is 18.2 Å². The van der Waals surface area contributed by atoms with Crippen LogP contribution in [0.15, 0.2) is 54.7 Å². The number of H-pyrrole nitrogens is 1. The molecule has 0 atom stereocenters. The lowest BCUT2D eigenvalue weighted by Gasteiger charge is -2.03. The van der Waals surface area contributed by atoms with Gasteiger partial charge in [0, 0.05) is 11.1 Å². The summed E-state index contributed by atoms with van der Waals surface area (Å²) in [6, 6.07) is 15.0. The average Bonchev–Trinajstić information content (AvgIpc) is 3.21. The Balaban J connectivity index is 1.61. The van der Waals surface area contributed by atoms with Crippen LogP contribution in [-0.4, -0.2) is 31.1 Å². The minimum Gasteiger partial charge on any atom is -0.321 e. The number of nitrogens with zero attached hydrogens (tertiary/aromatic N) is 4. The van der Waals surface area contributed by atoms with Crippen LogP contribution < -0.4 is 5.32 Å². The van der Waals surface area contributed by atoms with E-state index in [2.05, 4.69) is 25.7 Å². The first-order valence-corrected chi connectivity index (χ1v) is 7.44. The molecule has 0 unspecified atom stereocenters. The second kappa shape index (κ2) is 5.62. The van der Waals surface area contributed by atoms with Crippen LogP contribution in [0, 0.1) is 6.92 Å². The van der Waals surface area contributed by atoms with E-state index < -0.39 is 0 Å². The molecule has 2 heterocycles. The molecule has 4 rings (SSSR count). The number of aryl methyl sites for hydroxylation is 1. The van der Waals surface area contributed by atoms with E-state index in [1.54, 1.807) is 13.1 Å². The van der Waals surface area contributed by atoms with Gasteiger partial charge in [-0.2, -0.15) is 15.0 Å². The molecule has 0 bridgehead atoms. The summed E-state index contributed by atoms with van der Waals surface area (Å²) in [6.07, 6.45) is 1.71. The highest BCUT2D eigenvalue weighted by molar-refractivity contribution is 6.04. The number of fused-ring (bicyclic) bond motifs is 1. The van der Waals surface area contributed by atoms with Crippen molar-refractivity contribution in [1.82, 2.24) is 25.2 Å². The third kappa shape index (κ3) is 2.52. The van der Waals surface area contributed by atoms with Crippen LogP contribution in [0.1, 0.15) is 16.2 Å². The number of carbonyl (C=O) groups is 1. The predicted molar refractivity (Wildman–Crippen MR) is 90.1 cm³/mol. The first kappa shape index (κ1) is 14.1. The summed E-state index contributed by atoms with van der Waals surface area (Å²) < 4.78 is 0. The molecule has 0 aliphatic rings. The molecule has 0 saturated heterocycles. The molecule has 7 heteroatoms. The van der Waals surface area contributed by atoms with E-state index in [0.29, 0.717) is 17.1 Å². The van der Waals surface area contributed by atoms with Gasteiger partial charge in [-0.05, 0) is 37.3 Å². The number of hydrogen-bond acceptors (Lipinski definition) is 4. The molecule has 0 aliphatic carbocycles. The zero-order valence-corrected chi connectivity index (χ0v) is 12.9. The van der Waals surface area contributed by atoms with Crippen molar-refractivity contribution in [1.29, 1.82) is 0 Å². The van der Waals surface area contributed by atoms with Crippen molar-refractivity contribution in [2.45, 2.75) is 6.92 Å². The highest BCUT2D eigenvalue weighted by Gasteiger charge is 2.16. The monoisotopic (exact) mass is 318 g/mol. The summed E-state index contributed by atoms with van der Waals surface area (Å²) in [6.45, 7) is 1.76. The van der Waals surface area contributed by atoms with Gasteiger partial charge in [0.15, 0.2) is 5.69 Å². The van der Waals surface area contributed by atoms with E-state index in [4.69, 9.17) is 0 Å². The van der Waals surface area contributed by atoms with Crippen molar-refractivity contribution < 1.29 is 4.79 Å². The highest BCUT2D eigenvalue weighted by Crippen LogP contribution is 2.18. The molecule has 2 aromatic heterocycles. The lowest BCUT2D eigenvalue weighted by atomic mass is 10.2. The maximum absolute atomic E-state index is 12.5. The minimum atomic E-state index is -0.294. The number of amides is 1. The molecule has 4 aromatic rings. The third-order valence-electron chi connectivity index (χ3n) is 3.68. The Morgan fingerprint density at radius 2 is 1.96 bits per heavy atom. The van der Waals surface area contributed by atoms with Crippen molar-refractivity contribution in [3.05, 3.63) is 66.1 Å². The first-order valence-electron chi connectivity index (χ1n) is 7.44. The standard InChI is InChI=1S/C17H14N6O/c1-11-16(22-23(21-11)14-5-3-2-4-6-14)17(24)19-13-7-8-15-12(9-13)10-18-20-15/h2-10H,1H3,(H,18,20)(H,19,24). The quantitative estimate of drug-likeness (QED) is 0.608. The van der Waals surface area contributed by atoms with Gasteiger partial charge in [-0.15, -0.1) is 5.10 Å². The summed E-state index contributed by atoms with van der Waals surface area (Å²) in [7, 11) is 0. The van der Waals surface area contributed by atoms with Crippen LogP contribution in [0.5, 0.6) is 0 Å². The summed E-state index contributed by atoms with van der Waals surface area (Å²) in [5.74, 6) is -0.294. The number of aromatic amines is 1. The van der Waals surface area contributed by atoms with Crippen molar-refractivity contribution in [2.24, 2.45) is 0 Å². The summed E-state index contributed by atoms with van der Waals surface area (Å²) in [4.78, 5) is 14.0. The number of hydrogen-bond donors (Lipinski definition) is 2. The van der Waals surface area contributed by atoms with Crippen molar-refractivity contribution >= 4 is 22.5 Å². The normalized spacial score (nSPS) is 10.9. The number of benzene rings is 2.